The number of halogens is 1. The number of ether oxygens (including phenoxy) is 1. The molecule has 0 aliphatic carbocycles. The predicted molar refractivity (Wildman–Crippen MR) is 112 cm³/mol. The third kappa shape index (κ3) is 3.83. The summed E-state index contributed by atoms with van der Waals surface area (Å²) in [6, 6.07) is 14.8. The van der Waals surface area contributed by atoms with E-state index in [1.54, 1.807) is 12.1 Å². The van der Waals surface area contributed by atoms with Crippen molar-refractivity contribution in [2.24, 2.45) is 0 Å². The van der Waals surface area contributed by atoms with Crippen molar-refractivity contribution in [3.05, 3.63) is 66.1 Å². The average molecular weight is 393 g/mol. The summed E-state index contributed by atoms with van der Waals surface area (Å²) in [4.78, 5) is 11.7. The van der Waals surface area contributed by atoms with Crippen LogP contribution in [0.3, 0.4) is 0 Å². The van der Waals surface area contributed by atoms with Crippen LogP contribution in [0.2, 0.25) is 0 Å². The number of cyclic esters (lactones) is 1. The Labute approximate surface area is 169 Å². The molecule has 5 heteroatoms. The molecular weight excluding hydrogens is 369 g/mol. The number of aliphatic hydroxyl groups excluding tert-OH is 1. The molecule has 1 aliphatic heterocycles. The van der Waals surface area contributed by atoms with Gasteiger partial charge in [-0.25, -0.2) is 4.39 Å². The van der Waals surface area contributed by atoms with Gasteiger partial charge in [0.05, 0.1) is 12.5 Å². The first kappa shape index (κ1) is 19.4. The maximum atomic E-state index is 13.5. The molecule has 4 rings (SSSR count). The molecule has 0 unspecified atom stereocenters. The number of benzene rings is 2. The Hall–Kier alpha value is -2.92. The van der Waals surface area contributed by atoms with E-state index in [-0.39, 0.29) is 24.2 Å². The van der Waals surface area contributed by atoms with Gasteiger partial charge in [-0.15, -0.1) is 0 Å². The zero-order valence-electron chi connectivity index (χ0n) is 16.5. The third-order valence-corrected chi connectivity index (χ3v) is 5.26. The minimum atomic E-state index is -0.682. The van der Waals surface area contributed by atoms with Crippen LogP contribution in [0.5, 0.6) is 0 Å². The zero-order chi connectivity index (χ0) is 20.5. The molecular formula is C24H24FNO3. The quantitative estimate of drug-likeness (QED) is 0.627. The van der Waals surface area contributed by atoms with E-state index >= 15 is 0 Å². The number of carbonyl (C=O) groups excluding carboxylic acids is 1. The fourth-order valence-electron chi connectivity index (χ4n) is 4.05. The summed E-state index contributed by atoms with van der Waals surface area (Å²) in [5, 5.41) is 11.0. The SMILES string of the molecule is CC(C)n1c(C=C[C@@H]2C[C@@H](O)CC(=O)O2)c(-c2ccc(F)cc2)c2ccccc21. The lowest BCUT2D eigenvalue weighted by molar-refractivity contribution is -0.156. The van der Waals surface area contributed by atoms with Gasteiger partial charge in [-0.2, -0.15) is 0 Å². The minimum absolute atomic E-state index is 0.0391. The van der Waals surface area contributed by atoms with Crippen molar-refractivity contribution in [1.82, 2.24) is 4.57 Å². The van der Waals surface area contributed by atoms with E-state index in [1.807, 2.05) is 24.3 Å². The van der Waals surface area contributed by atoms with Gasteiger partial charge in [-0.05, 0) is 49.8 Å². The summed E-state index contributed by atoms with van der Waals surface area (Å²) in [5.74, 6) is -0.664. The van der Waals surface area contributed by atoms with Crippen LogP contribution < -0.4 is 0 Å². The lowest BCUT2D eigenvalue weighted by atomic mass is 10.0. The van der Waals surface area contributed by atoms with E-state index < -0.39 is 12.2 Å². The topological polar surface area (TPSA) is 51.5 Å². The number of aromatic nitrogens is 1. The van der Waals surface area contributed by atoms with E-state index in [4.69, 9.17) is 4.74 Å². The minimum Gasteiger partial charge on any atom is -0.458 e. The molecule has 2 aromatic carbocycles. The van der Waals surface area contributed by atoms with Crippen molar-refractivity contribution in [3.8, 4) is 11.1 Å². The number of hydrogen-bond acceptors (Lipinski definition) is 3. The molecule has 0 radical (unpaired) electrons. The van der Waals surface area contributed by atoms with Crippen LogP contribution in [0.15, 0.2) is 54.6 Å². The summed E-state index contributed by atoms with van der Waals surface area (Å²) in [5.41, 5.74) is 3.97. The first-order chi connectivity index (χ1) is 13.9. The van der Waals surface area contributed by atoms with Crippen molar-refractivity contribution in [3.63, 3.8) is 0 Å². The lowest BCUT2D eigenvalue weighted by Gasteiger charge is -2.23. The Morgan fingerprint density at radius 1 is 1.17 bits per heavy atom. The highest BCUT2D eigenvalue weighted by molar-refractivity contribution is 6.01. The number of hydrogen-bond donors (Lipinski definition) is 1. The van der Waals surface area contributed by atoms with Crippen LogP contribution in [-0.4, -0.2) is 27.9 Å². The second-order valence-corrected chi connectivity index (χ2v) is 7.73. The van der Waals surface area contributed by atoms with Gasteiger partial charge in [0.25, 0.3) is 0 Å². The number of para-hydroxylation sites is 1. The molecule has 0 spiro atoms. The smallest absolute Gasteiger partial charge is 0.309 e. The van der Waals surface area contributed by atoms with E-state index in [0.29, 0.717) is 6.42 Å². The Kier molecular flexibility index (Phi) is 5.24. The standard InChI is InChI=1S/C24H24FNO3/c1-15(2)26-21-6-4-3-5-20(21)24(16-7-9-17(25)10-8-16)22(26)12-11-19-13-18(27)14-23(28)29-19/h3-12,15,18-19,27H,13-14H2,1-2H3/t18-,19-/m1/s1. The van der Waals surface area contributed by atoms with Crippen LogP contribution in [0.1, 0.15) is 38.4 Å². The van der Waals surface area contributed by atoms with Gasteiger partial charge in [0, 0.05) is 34.6 Å². The first-order valence-electron chi connectivity index (χ1n) is 9.88. The Balaban J connectivity index is 1.88. The van der Waals surface area contributed by atoms with E-state index in [1.165, 1.54) is 12.1 Å². The molecule has 3 aromatic rings. The molecule has 1 saturated heterocycles. The average Bonchev–Trinajstić information content (AvgIpc) is 3.00. The Morgan fingerprint density at radius 3 is 2.59 bits per heavy atom. The molecule has 1 aromatic heterocycles. The van der Waals surface area contributed by atoms with Gasteiger partial charge in [0.2, 0.25) is 0 Å². The molecule has 1 N–H and O–H groups in total. The number of aliphatic hydroxyl groups is 1. The maximum absolute atomic E-state index is 13.5. The van der Waals surface area contributed by atoms with Crippen molar-refractivity contribution in [2.45, 2.75) is 44.9 Å². The highest BCUT2D eigenvalue weighted by atomic mass is 19.1. The normalized spacial score (nSPS) is 20.0. The molecule has 2 atom stereocenters. The van der Waals surface area contributed by atoms with Gasteiger partial charge in [-0.1, -0.05) is 30.3 Å². The number of carbonyl (C=O) groups is 1. The molecule has 2 heterocycles. The van der Waals surface area contributed by atoms with E-state index in [0.717, 1.165) is 27.7 Å². The molecule has 150 valence electrons. The number of rotatable bonds is 4. The molecule has 0 bridgehead atoms. The highest BCUT2D eigenvalue weighted by Crippen LogP contribution is 2.38. The fourth-order valence-corrected chi connectivity index (χ4v) is 4.05. The summed E-state index contributed by atoms with van der Waals surface area (Å²) in [6.45, 7) is 4.23. The van der Waals surface area contributed by atoms with Crippen LogP contribution >= 0.6 is 0 Å². The van der Waals surface area contributed by atoms with Crippen LogP contribution in [0, 0.1) is 5.82 Å². The van der Waals surface area contributed by atoms with Crippen molar-refractivity contribution < 1.29 is 19.0 Å². The summed E-state index contributed by atoms with van der Waals surface area (Å²) in [6.07, 6.45) is 3.06. The number of fused-ring (bicyclic) bond motifs is 1. The molecule has 0 saturated carbocycles. The summed E-state index contributed by atoms with van der Waals surface area (Å²) >= 11 is 0. The van der Waals surface area contributed by atoms with Gasteiger partial charge in [0.15, 0.2) is 0 Å². The van der Waals surface area contributed by atoms with Crippen molar-refractivity contribution >= 4 is 22.9 Å². The monoisotopic (exact) mass is 393 g/mol. The van der Waals surface area contributed by atoms with Crippen LogP contribution in [-0.2, 0) is 9.53 Å². The van der Waals surface area contributed by atoms with E-state index in [2.05, 4.69) is 30.5 Å². The van der Waals surface area contributed by atoms with Gasteiger partial charge < -0.3 is 14.4 Å². The second-order valence-electron chi connectivity index (χ2n) is 7.73. The molecule has 1 fully saturated rings. The number of esters is 1. The van der Waals surface area contributed by atoms with Crippen LogP contribution in [0.4, 0.5) is 4.39 Å². The largest absolute Gasteiger partial charge is 0.458 e. The second kappa shape index (κ2) is 7.84. The van der Waals surface area contributed by atoms with Gasteiger partial charge in [0.1, 0.15) is 11.9 Å². The third-order valence-electron chi connectivity index (χ3n) is 5.26. The molecule has 1 aliphatic rings. The number of nitrogens with zero attached hydrogens (tertiary/aromatic N) is 1. The van der Waals surface area contributed by atoms with Crippen LogP contribution in [0.25, 0.3) is 28.1 Å². The van der Waals surface area contributed by atoms with Crippen molar-refractivity contribution in [2.75, 3.05) is 0 Å². The molecule has 0 amide bonds. The predicted octanol–water partition coefficient (Wildman–Crippen LogP) is 5.11. The maximum Gasteiger partial charge on any atom is 0.309 e. The van der Waals surface area contributed by atoms with Crippen molar-refractivity contribution in [1.29, 1.82) is 0 Å². The van der Waals surface area contributed by atoms with Gasteiger partial charge >= 0.3 is 5.97 Å². The highest BCUT2D eigenvalue weighted by Gasteiger charge is 2.26. The molecule has 4 nitrogen and oxygen atoms in total. The lowest BCUT2D eigenvalue weighted by Crippen LogP contribution is -2.31. The Bertz CT molecular complexity index is 1070. The first-order valence-corrected chi connectivity index (χ1v) is 9.88. The summed E-state index contributed by atoms with van der Waals surface area (Å²) in [7, 11) is 0. The Morgan fingerprint density at radius 2 is 1.90 bits per heavy atom. The fraction of sp³-hybridized carbons (Fsp3) is 0.292. The molecule has 29 heavy (non-hydrogen) atoms. The zero-order valence-corrected chi connectivity index (χ0v) is 16.5. The van der Waals surface area contributed by atoms with Gasteiger partial charge in [-0.3, -0.25) is 4.79 Å². The summed E-state index contributed by atoms with van der Waals surface area (Å²) < 4.78 is 21.1. The van der Waals surface area contributed by atoms with E-state index in [9.17, 15) is 14.3 Å².